The number of nitrogens with zero attached hydrogens (tertiary/aromatic N) is 1. The molecule has 0 aromatic heterocycles. The molecule has 0 bridgehead atoms. The molecule has 118 valence electrons. The van der Waals surface area contributed by atoms with Crippen molar-refractivity contribution in [3.05, 3.63) is 28.3 Å². The van der Waals surface area contributed by atoms with Gasteiger partial charge >= 0.3 is 0 Å². The van der Waals surface area contributed by atoms with E-state index in [0.717, 1.165) is 22.3 Å². The fourth-order valence-corrected chi connectivity index (χ4v) is 4.87. The molecule has 21 heavy (non-hydrogen) atoms. The monoisotopic (exact) mass is 311 g/mol. The zero-order valence-corrected chi connectivity index (χ0v) is 14.5. The first-order valence-corrected chi connectivity index (χ1v) is 8.81. The van der Waals surface area contributed by atoms with Gasteiger partial charge in [0, 0.05) is 13.1 Å². The van der Waals surface area contributed by atoms with Crippen molar-refractivity contribution in [3.8, 4) is 0 Å². The zero-order valence-electron chi connectivity index (χ0n) is 13.7. The van der Waals surface area contributed by atoms with Crippen molar-refractivity contribution in [2.75, 3.05) is 13.1 Å². The van der Waals surface area contributed by atoms with Crippen LogP contribution >= 0.6 is 0 Å². The molecule has 0 saturated carbocycles. The molecule has 0 amide bonds. The maximum atomic E-state index is 13.0. The smallest absolute Gasteiger partial charge is 0.243 e. The van der Waals surface area contributed by atoms with Crippen LogP contribution in [0.4, 0.5) is 0 Å². The predicted molar refractivity (Wildman–Crippen MR) is 84.2 cm³/mol. The van der Waals surface area contributed by atoms with Crippen LogP contribution in [0.15, 0.2) is 11.0 Å². The quantitative estimate of drug-likeness (QED) is 0.843. The Morgan fingerprint density at radius 1 is 1.00 bits per heavy atom. The van der Waals surface area contributed by atoms with E-state index >= 15 is 0 Å². The Morgan fingerprint density at radius 3 is 2.05 bits per heavy atom. The minimum Gasteiger partial charge on any atom is -0.373 e. The van der Waals surface area contributed by atoms with Crippen molar-refractivity contribution < 1.29 is 13.2 Å². The summed E-state index contributed by atoms with van der Waals surface area (Å²) < 4.78 is 33.2. The number of aryl methyl sites for hydroxylation is 1. The number of hydrogen-bond acceptors (Lipinski definition) is 3. The van der Waals surface area contributed by atoms with Crippen LogP contribution in [0.3, 0.4) is 0 Å². The Balaban J connectivity index is 2.50. The predicted octanol–water partition coefficient (Wildman–Crippen LogP) is 2.72. The molecule has 1 aromatic rings. The molecule has 1 aliphatic heterocycles. The van der Waals surface area contributed by atoms with Gasteiger partial charge in [-0.2, -0.15) is 4.31 Å². The lowest BCUT2D eigenvalue weighted by Gasteiger charge is -2.35. The van der Waals surface area contributed by atoms with E-state index in [1.54, 1.807) is 10.4 Å². The highest BCUT2D eigenvalue weighted by Gasteiger charge is 2.33. The van der Waals surface area contributed by atoms with E-state index in [0.29, 0.717) is 18.0 Å². The maximum Gasteiger partial charge on any atom is 0.243 e. The number of benzene rings is 1. The SMILES string of the molecule is Cc1cc(S(=O)(=O)N2C[C@@H](C)O[C@@H](C)C2)c(C)c(C)c1C. The number of rotatable bonds is 2. The summed E-state index contributed by atoms with van der Waals surface area (Å²) >= 11 is 0. The summed E-state index contributed by atoms with van der Waals surface area (Å²) in [7, 11) is -3.47. The third-order valence-electron chi connectivity index (χ3n) is 4.44. The Hall–Kier alpha value is -0.910. The average molecular weight is 311 g/mol. The zero-order chi connectivity index (χ0) is 15.9. The molecule has 4 nitrogen and oxygen atoms in total. The van der Waals surface area contributed by atoms with Crippen LogP contribution in [0.5, 0.6) is 0 Å². The lowest BCUT2D eigenvalue weighted by Crippen LogP contribution is -2.48. The van der Waals surface area contributed by atoms with Gasteiger partial charge in [0.1, 0.15) is 0 Å². The van der Waals surface area contributed by atoms with Crippen LogP contribution < -0.4 is 0 Å². The summed E-state index contributed by atoms with van der Waals surface area (Å²) in [5.41, 5.74) is 4.09. The standard InChI is InChI=1S/C16H25NO3S/c1-10-7-16(15(6)14(5)13(10)4)21(18,19)17-8-11(2)20-12(3)9-17/h7,11-12H,8-9H2,1-6H3/t11-,12+. The van der Waals surface area contributed by atoms with Crippen LogP contribution in [0.1, 0.15) is 36.1 Å². The van der Waals surface area contributed by atoms with E-state index in [1.807, 2.05) is 41.5 Å². The second-order valence-electron chi connectivity index (χ2n) is 6.15. The van der Waals surface area contributed by atoms with E-state index in [1.165, 1.54) is 0 Å². The molecule has 1 aromatic carbocycles. The Labute approximate surface area is 128 Å². The van der Waals surface area contributed by atoms with Crippen molar-refractivity contribution in [2.24, 2.45) is 0 Å². The van der Waals surface area contributed by atoms with Gasteiger partial charge in [0.15, 0.2) is 0 Å². The van der Waals surface area contributed by atoms with E-state index < -0.39 is 10.0 Å². The van der Waals surface area contributed by atoms with Crippen molar-refractivity contribution in [1.29, 1.82) is 0 Å². The molecular weight excluding hydrogens is 286 g/mol. The highest BCUT2D eigenvalue weighted by Crippen LogP contribution is 2.28. The Bertz CT molecular complexity index is 642. The van der Waals surface area contributed by atoms with E-state index in [2.05, 4.69) is 0 Å². The van der Waals surface area contributed by atoms with Gasteiger partial charge in [-0.1, -0.05) is 0 Å². The molecule has 0 unspecified atom stereocenters. The van der Waals surface area contributed by atoms with Crippen molar-refractivity contribution >= 4 is 10.0 Å². The largest absolute Gasteiger partial charge is 0.373 e. The number of ether oxygens (including phenoxy) is 1. The van der Waals surface area contributed by atoms with Crippen LogP contribution in [-0.2, 0) is 14.8 Å². The molecule has 0 radical (unpaired) electrons. The Morgan fingerprint density at radius 2 is 1.52 bits per heavy atom. The molecule has 1 saturated heterocycles. The summed E-state index contributed by atoms with van der Waals surface area (Å²) in [6, 6.07) is 1.80. The van der Waals surface area contributed by atoms with Gasteiger partial charge in [-0.3, -0.25) is 0 Å². The van der Waals surface area contributed by atoms with Crippen molar-refractivity contribution in [3.63, 3.8) is 0 Å². The number of sulfonamides is 1. The molecule has 0 N–H and O–H groups in total. The molecule has 1 aliphatic rings. The van der Waals surface area contributed by atoms with Crippen molar-refractivity contribution in [2.45, 2.75) is 58.6 Å². The first kappa shape index (κ1) is 16.5. The van der Waals surface area contributed by atoms with Crippen molar-refractivity contribution in [1.82, 2.24) is 4.31 Å². The molecule has 1 heterocycles. The minimum atomic E-state index is -3.47. The Kier molecular flexibility index (Phi) is 4.47. The van der Waals surface area contributed by atoms with Gasteiger partial charge < -0.3 is 4.74 Å². The lowest BCUT2D eigenvalue weighted by atomic mass is 10.00. The third kappa shape index (κ3) is 3.00. The highest BCUT2D eigenvalue weighted by atomic mass is 32.2. The topological polar surface area (TPSA) is 46.6 Å². The lowest BCUT2D eigenvalue weighted by molar-refractivity contribution is -0.0440. The molecule has 0 spiro atoms. The van der Waals surface area contributed by atoms with Gasteiger partial charge in [-0.15, -0.1) is 0 Å². The molecule has 2 atom stereocenters. The first-order valence-electron chi connectivity index (χ1n) is 7.37. The van der Waals surface area contributed by atoms with E-state index in [9.17, 15) is 8.42 Å². The van der Waals surface area contributed by atoms with E-state index in [-0.39, 0.29) is 12.2 Å². The van der Waals surface area contributed by atoms with Gasteiger partial charge in [0.05, 0.1) is 17.1 Å². The highest BCUT2D eigenvalue weighted by molar-refractivity contribution is 7.89. The number of morpholine rings is 1. The fourth-order valence-electron chi connectivity index (χ4n) is 2.91. The summed E-state index contributed by atoms with van der Waals surface area (Å²) in [4.78, 5) is 0.435. The molecular formula is C16H25NO3S. The van der Waals surface area contributed by atoms with Crippen LogP contribution in [0, 0.1) is 27.7 Å². The van der Waals surface area contributed by atoms with Gasteiger partial charge in [-0.05, 0) is 69.9 Å². The van der Waals surface area contributed by atoms with Gasteiger partial charge in [0.2, 0.25) is 10.0 Å². The van der Waals surface area contributed by atoms with E-state index in [4.69, 9.17) is 4.74 Å². The van der Waals surface area contributed by atoms with Gasteiger partial charge in [-0.25, -0.2) is 8.42 Å². The summed E-state index contributed by atoms with van der Waals surface area (Å²) in [6.07, 6.45) is -0.145. The molecule has 0 aliphatic carbocycles. The number of hydrogen-bond donors (Lipinski definition) is 0. The first-order chi connectivity index (χ1) is 9.64. The molecule has 5 heteroatoms. The second-order valence-corrected chi connectivity index (χ2v) is 8.05. The average Bonchev–Trinajstić information content (AvgIpc) is 2.39. The van der Waals surface area contributed by atoms with Crippen LogP contribution in [-0.4, -0.2) is 38.0 Å². The molecule has 1 fully saturated rings. The maximum absolute atomic E-state index is 13.0. The van der Waals surface area contributed by atoms with Gasteiger partial charge in [0.25, 0.3) is 0 Å². The second kappa shape index (κ2) is 5.71. The fraction of sp³-hybridized carbons (Fsp3) is 0.625. The van der Waals surface area contributed by atoms with Crippen LogP contribution in [0.25, 0.3) is 0 Å². The summed E-state index contributed by atoms with van der Waals surface area (Å²) in [6.45, 7) is 12.5. The molecule has 2 rings (SSSR count). The third-order valence-corrected chi connectivity index (χ3v) is 6.40. The summed E-state index contributed by atoms with van der Waals surface area (Å²) in [5, 5.41) is 0. The normalized spacial score (nSPS) is 24.3. The van der Waals surface area contributed by atoms with Crippen LogP contribution in [0.2, 0.25) is 0 Å². The summed E-state index contributed by atoms with van der Waals surface area (Å²) in [5.74, 6) is 0. The minimum absolute atomic E-state index is 0.0727.